The molecule has 6 nitrogen and oxygen atoms in total. The molecule has 1 heterocycles. The van der Waals surface area contributed by atoms with Gasteiger partial charge in [-0.3, -0.25) is 9.89 Å². The first-order valence-electron chi connectivity index (χ1n) is 6.30. The third kappa shape index (κ3) is 3.73. The van der Waals surface area contributed by atoms with E-state index in [9.17, 15) is 4.79 Å². The average Bonchev–Trinajstić information content (AvgIpc) is 2.70. The van der Waals surface area contributed by atoms with E-state index in [4.69, 9.17) is 10.8 Å². The first-order chi connectivity index (χ1) is 8.57. The zero-order valence-corrected chi connectivity index (χ0v) is 11.0. The van der Waals surface area contributed by atoms with E-state index < -0.39 is 0 Å². The van der Waals surface area contributed by atoms with E-state index in [2.05, 4.69) is 15.5 Å². The maximum atomic E-state index is 11.8. The summed E-state index contributed by atoms with van der Waals surface area (Å²) in [5.74, 6) is -0.0387. The number of aromatic amines is 1. The second-order valence-corrected chi connectivity index (χ2v) is 4.59. The van der Waals surface area contributed by atoms with Gasteiger partial charge in [0.1, 0.15) is 0 Å². The van der Waals surface area contributed by atoms with Crippen LogP contribution in [-0.2, 0) is 0 Å². The van der Waals surface area contributed by atoms with Gasteiger partial charge in [0.2, 0.25) is 0 Å². The molecular formula is C12H22N4O2. The number of nitrogen functional groups attached to an aromatic ring is 1. The minimum Gasteiger partial charge on any atom is -0.396 e. The molecule has 5 N–H and O–H groups in total. The predicted octanol–water partition coefficient (Wildman–Crippen LogP) is 1.01. The van der Waals surface area contributed by atoms with Gasteiger partial charge < -0.3 is 16.2 Å². The molecule has 6 heteroatoms. The summed E-state index contributed by atoms with van der Waals surface area (Å²) in [4.78, 5) is 11.8. The number of amides is 1. The molecule has 1 aromatic rings. The number of aliphatic hydroxyl groups is 1. The van der Waals surface area contributed by atoms with E-state index >= 15 is 0 Å². The minimum atomic E-state index is -0.250. The lowest BCUT2D eigenvalue weighted by Gasteiger charge is -2.04. The van der Waals surface area contributed by atoms with Gasteiger partial charge in [-0.05, 0) is 25.2 Å². The Morgan fingerprint density at radius 2 is 2.17 bits per heavy atom. The van der Waals surface area contributed by atoms with Crippen molar-refractivity contribution in [2.24, 2.45) is 0 Å². The van der Waals surface area contributed by atoms with Gasteiger partial charge in [-0.15, -0.1) is 0 Å². The van der Waals surface area contributed by atoms with E-state index in [1.165, 1.54) is 0 Å². The number of rotatable bonds is 7. The summed E-state index contributed by atoms with van der Waals surface area (Å²) >= 11 is 0. The van der Waals surface area contributed by atoms with Gasteiger partial charge in [0.05, 0.1) is 11.4 Å². The molecule has 18 heavy (non-hydrogen) atoms. The van der Waals surface area contributed by atoms with Crippen LogP contribution >= 0.6 is 0 Å². The van der Waals surface area contributed by atoms with Crippen LogP contribution in [0.3, 0.4) is 0 Å². The van der Waals surface area contributed by atoms with E-state index in [1.54, 1.807) is 0 Å². The largest absolute Gasteiger partial charge is 0.396 e. The van der Waals surface area contributed by atoms with Gasteiger partial charge >= 0.3 is 0 Å². The van der Waals surface area contributed by atoms with Crippen molar-refractivity contribution in [3.8, 4) is 0 Å². The molecule has 0 unspecified atom stereocenters. The second-order valence-electron chi connectivity index (χ2n) is 4.59. The smallest absolute Gasteiger partial charge is 0.273 e. The summed E-state index contributed by atoms with van der Waals surface area (Å²) in [5.41, 5.74) is 7.35. The number of unbranched alkanes of at least 4 members (excludes halogenated alkanes) is 2. The van der Waals surface area contributed by atoms with E-state index in [-0.39, 0.29) is 24.1 Å². The topological polar surface area (TPSA) is 104 Å². The van der Waals surface area contributed by atoms with E-state index in [1.807, 2.05) is 13.8 Å². The molecule has 0 saturated heterocycles. The molecular weight excluding hydrogens is 232 g/mol. The lowest BCUT2D eigenvalue weighted by molar-refractivity contribution is 0.0948. The molecule has 1 rings (SSSR count). The summed E-state index contributed by atoms with van der Waals surface area (Å²) in [6, 6.07) is 0. The lowest BCUT2D eigenvalue weighted by Crippen LogP contribution is -2.25. The van der Waals surface area contributed by atoms with Gasteiger partial charge in [-0.2, -0.15) is 5.10 Å². The number of aromatic nitrogens is 2. The number of anilines is 1. The molecule has 0 atom stereocenters. The summed E-state index contributed by atoms with van der Waals surface area (Å²) in [7, 11) is 0. The first kappa shape index (κ1) is 14.5. The fourth-order valence-electron chi connectivity index (χ4n) is 1.68. The third-order valence-electron chi connectivity index (χ3n) is 2.75. The molecule has 0 aliphatic carbocycles. The molecule has 0 radical (unpaired) electrons. The number of nitrogens with zero attached hydrogens (tertiary/aromatic N) is 1. The second kappa shape index (κ2) is 7.00. The fourth-order valence-corrected chi connectivity index (χ4v) is 1.68. The van der Waals surface area contributed by atoms with Crippen LogP contribution in [0.5, 0.6) is 0 Å². The lowest BCUT2D eigenvalue weighted by atomic mass is 10.1. The number of hydrogen-bond acceptors (Lipinski definition) is 4. The first-order valence-corrected chi connectivity index (χ1v) is 6.30. The van der Waals surface area contributed by atoms with Gasteiger partial charge in [0, 0.05) is 13.2 Å². The van der Waals surface area contributed by atoms with Crippen LogP contribution < -0.4 is 11.1 Å². The van der Waals surface area contributed by atoms with Crippen LogP contribution in [0.25, 0.3) is 0 Å². The Labute approximate surface area is 107 Å². The highest BCUT2D eigenvalue weighted by molar-refractivity contribution is 5.97. The molecule has 102 valence electrons. The molecule has 0 aliphatic rings. The van der Waals surface area contributed by atoms with Crippen LogP contribution in [-0.4, -0.2) is 34.4 Å². The fraction of sp³-hybridized carbons (Fsp3) is 0.667. The van der Waals surface area contributed by atoms with Gasteiger partial charge in [-0.1, -0.05) is 13.8 Å². The Morgan fingerprint density at radius 3 is 2.72 bits per heavy atom. The molecule has 0 saturated carbocycles. The molecule has 1 aromatic heterocycles. The van der Waals surface area contributed by atoms with Crippen molar-refractivity contribution >= 4 is 11.6 Å². The van der Waals surface area contributed by atoms with Crippen LogP contribution in [0.15, 0.2) is 0 Å². The normalized spacial score (nSPS) is 10.9. The van der Waals surface area contributed by atoms with Crippen molar-refractivity contribution in [1.29, 1.82) is 0 Å². The van der Waals surface area contributed by atoms with Crippen LogP contribution in [0.1, 0.15) is 55.2 Å². The zero-order valence-electron chi connectivity index (χ0n) is 11.0. The highest BCUT2D eigenvalue weighted by Crippen LogP contribution is 2.21. The highest BCUT2D eigenvalue weighted by atomic mass is 16.2. The zero-order chi connectivity index (χ0) is 13.5. The van der Waals surface area contributed by atoms with Crippen molar-refractivity contribution in [2.75, 3.05) is 18.9 Å². The van der Waals surface area contributed by atoms with Crippen molar-refractivity contribution < 1.29 is 9.90 Å². The molecule has 0 aromatic carbocycles. The van der Waals surface area contributed by atoms with Crippen molar-refractivity contribution in [3.05, 3.63) is 11.4 Å². The maximum absolute atomic E-state index is 11.8. The predicted molar refractivity (Wildman–Crippen MR) is 70.4 cm³/mol. The molecule has 0 aliphatic heterocycles. The molecule has 0 spiro atoms. The number of nitrogens with two attached hydrogens (primary N) is 1. The number of H-pyrrole nitrogens is 1. The Kier molecular flexibility index (Phi) is 5.64. The maximum Gasteiger partial charge on any atom is 0.273 e. The van der Waals surface area contributed by atoms with Gasteiger partial charge in [0.25, 0.3) is 5.91 Å². The van der Waals surface area contributed by atoms with Crippen LogP contribution in [0.4, 0.5) is 5.69 Å². The summed E-state index contributed by atoms with van der Waals surface area (Å²) in [6.07, 6.45) is 2.50. The van der Waals surface area contributed by atoms with Crippen molar-refractivity contribution in [3.63, 3.8) is 0 Å². The SMILES string of the molecule is CC(C)c1[nH]nc(C(=O)NCCCCCO)c1N. The summed E-state index contributed by atoms with van der Waals surface area (Å²) in [6.45, 7) is 4.74. The summed E-state index contributed by atoms with van der Waals surface area (Å²) in [5, 5.41) is 18.1. The Hall–Kier alpha value is -1.56. The number of carbonyl (C=O) groups excluding carboxylic acids is 1. The Bertz CT molecular complexity index is 387. The number of hydrogen-bond donors (Lipinski definition) is 4. The number of aliphatic hydroxyl groups excluding tert-OH is 1. The molecule has 0 bridgehead atoms. The van der Waals surface area contributed by atoms with E-state index in [0.717, 1.165) is 25.0 Å². The quantitative estimate of drug-likeness (QED) is 0.545. The van der Waals surface area contributed by atoms with Gasteiger partial charge in [-0.25, -0.2) is 0 Å². The van der Waals surface area contributed by atoms with Gasteiger partial charge in [0.15, 0.2) is 5.69 Å². The average molecular weight is 254 g/mol. The van der Waals surface area contributed by atoms with Crippen LogP contribution in [0.2, 0.25) is 0 Å². The number of carbonyl (C=O) groups is 1. The monoisotopic (exact) mass is 254 g/mol. The Morgan fingerprint density at radius 1 is 1.44 bits per heavy atom. The highest BCUT2D eigenvalue weighted by Gasteiger charge is 2.18. The molecule has 0 fully saturated rings. The minimum absolute atomic E-state index is 0.192. The standard InChI is InChI=1S/C12H22N4O2/c1-8(2)10-9(13)11(16-15-10)12(18)14-6-4-3-5-7-17/h8,17H,3-7,13H2,1-2H3,(H,14,18)(H,15,16). The van der Waals surface area contributed by atoms with Crippen molar-refractivity contribution in [1.82, 2.24) is 15.5 Å². The van der Waals surface area contributed by atoms with Crippen molar-refractivity contribution in [2.45, 2.75) is 39.0 Å². The Balaban J connectivity index is 2.47. The molecule has 1 amide bonds. The number of nitrogens with one attached hydrogen (secondary N) is 2. The van der Waals surface area contributed by atoms with E-state index in [0.29, 0.717) is 12.2 Å². The van der Waals surface area contributed by atoms with Crippen LogP contribution in [0, 0.1) is 0 Å². The third-order valence-corrected chi connectivity index (χ3v) is 2.75. The summed E-state index contributed by atoms with van der Waals surface area (Å²) < 4.78 is 0.